The number of amides is 1. The molecule has 3 rings (SSSR count). The topological polar surface area (TPSA) is 68.4 Å². The second kappa shape index (κ2) is 9.79. The maximum absolute atomic E-state index is 13.3. The van der Waals surface area contributed by atoms with Crippen LogP contribution in [0, 0.1) is 17.0 Å². The molecule has 31 heavy (non-hydrogen) atoms. The number of aromatic nitrogens is 1. The average molecular weight is 440 g/mol. The predicted molar refractivity (Wildman–Crippen MR) is 122 cm³/mol. The smallest absolute Gasteiger partial charge is 0.273 e. The second-order valence-electron chi connectivity index (χ2n) is 7.71. The molecule has 2 aromatic carbocycles. The zero-order valence-corrected chi connectivity index (χ0v) is 18.7. The summed E-state index contributed by atoms with van der Waals surface area (Å²) in [6, 6.07) is 16.3. The lowest BCUT2D eigenvalue weighted by Crippen LogP contribution is -2.38. The summed E-state index contributed by atoms with van der Waals surface area (Å²) >= 11 is 6.11. The molecule has 0 saturated heterocycles. The van der Waals surface area contributed by atoms with Crippen molar-refractivity contribution in [1.29, 1.82) is 0 Å². The van der Waals surface area contributed by atoms with Crippen LogP contribution in [0.25, 0.3) is 0 Å². The monoisotopic (exact) mass is 439 g/mol. The highest BCUT2D eigenvalue weighted by Gasteiger charge is 2.24. The quantitative estimate of drug-likeness (QED) is 0.326. The van der Waals surface area contributed by atoms with Gasteiger partial charge in [0.1, 0.15) is 0 Å². The van der Waals surface area contributed by atoms with Gasteiger partial charge in [0, 0.05) is 46.7 Å². The summed E-state index contributed by atoms with van der Waals surface area (Å²) in [5.41, 5.74) is 2.87. The Morgan fingerprint density at radius 2 is 1.97 bits per heavy atom. The normalized spacial score (nSPS) is 11.9. The number of aryl methyl sites for hydroxylation is 1. The number of nitro groups is 1. The van der Waals surface area contributed by atoms with Crippen LogP contribution in [0.4, 0.5) is 5.69 Å². The first kappa shape index (κ1) is 22.6. The van der Waals surface area contributed by atoms with E-state index in [2.05, 4.69) is 4.57 Å². The van der Waals surface area contributed by atoms with Gasteiger partial charge in [-0.1, -0.05) is 36.7 Å². The number of halogens is 1. The van der Waals surface area contributed by atoms with Crippen molar-refractivity contribution in [2.45, 2.75) is 46.3 Å². The maximum Gasteiger partial charge on any atom is 0.273 e. The molecule has 0 saturated carbocycles. The van der Waals surface area contributed by atoms with E-state index in [1.54, 1.807) is 24.0 Å². The van der Waals surface area contributed by atoms with Crippen LogP contribution in [-0.4, -0.2) is 26.3 Å². The van der Waals surface area contributed by atoms with E-state index < -0.39 is 4.92 Å². The third-order valence-corrected chi connectivity index (χ3v) is 5.77. The van der Waals surface area contributed by atoms with Gasteiger partial charge in [0.25, 0.3) is 11.6 Å². The summed E-state index contributed by atoms with van der Waals surface area (Å²) in [6.45, 7) is 6.73. The van der Waals surface area contributed by atoms with Gasteiger partial charge in [0.2, 0.25) is 0 Å². The highest BCUT2D eigenvalue weighted by atomic mass is 35.5. The van der Waals surface area contributed by atoms with Crippen LogP contribution >= 0.6 is 11.6 Å². The van der Waals surface area contributed by atoms with Crippen molar-refractivity contribution in [2.75, 3.05) is 0 Å². The summed E-state index contributed by atoms with van der Waals surface area (Å²) in [5, 5.41) is 12.0. The lowest BCUT2D eigenvalue weighted by molar-refractivity contribution is -0.385. The van der Waals surface area contributed by atoms with Gasteiger partial charge >= 0.3 is 0 Å². The number of rotatable bonds is 8. The van der Waals surface area contributed by atoms with Crippen molar-refractivity contribution >= 4 is 23.2 Å². The number of hydrogen-bond donors (Lipinski definition) is 0. The predicted octanol–water partition coefficient (Wildman–Crippen LogP) is 5.85. The number of nitrogens with zero attached hydrogens (tertiary/aromatic N) is 3. The zero-order chi connectivity index (χ0) is 22.5. The van der Waals surface area contributed by atoms with Crippen molar-refractivity contribution in [3.8, 4) is 0 Å². The largest absolute Gasteiger partial charge is 0.345 e. The maximum atomic E-state index is 13.3. The number of benzene rings is 2. The number of carbonyl (C=O) groups excluding carboxylic acids is 1. The Morgan fingerprint density at radius 1 is 1.19 bits per heavy atom. The van der Waals surface area contributed by atoms with Crippen LogP contribution in [0.5, 0.6) is 0 Å². The van der Waals surface area contributed by atoms with Crippen LogP contribution < -0.4 is 0 Å². The van der Waals surface area contributed by atoms with Gasteiger partial charge in [0.05, 0.1) is 11.5 Å². The van der Waals surface area contributed by atoms with Gasteiger partial charge in [-0.2, -0.15) is 0 Å². The molecule has 1 unspecified atom stereocenters. The molecule has 0 fully saturated rings. The molecule has 162 valence electrons. The number of carbonyl (C=O) groups is 1. The van der Waals surface area contributed by atoms with Crippen LogP contribution in [0.1, 0.15) is 47.4 Å². The molecule has 0 aliphatic rings. The van der Waals surface area contributed by atoms with Gasteiger partial charge in [0.15, 0.2) is 0 Å². The Hall–Kier alpha value is -3.12. The molecule has 6 nitrogen and oxygen atoms in total. The highest BCUT2D eigenvalue weighted by molar-refractivity contribution is 6.30. The molecule has 1 atom stereocenters. The van der Waals surface area contributed by atoms with Crippen LogP contribution in [-0.2, 0) is 13.1 Å². The summed E-state index contributed by atoms with van der Waals surface area (Å²) in [4.78, 5) is 26.0. The van der Waals surface area contributed by atoms with Crippen LogP contribution in [0.2, 0.25) is 5.02 Å². The minimum Gasteiger partial charge on any atom is -0.345 e. The SMILES string of the molecule is CCC(C)N(Cc1cccn1Cc1cccc(Cl)c1)C(=O)c1ccc(C)c([N+](=O)[O-])c1. The standard InChI is InChI=1S/C24H26ClN3O3/c1-4-18(3)27(24(29)20-11-10-17(2)23(14-20)28(30)31)16-22-9-6-12-26(22)15-19-7-5-8-21(25)13-19/h5-14,18H,4,15-16H2,1-3H3. The Morgan fingerprint density at radius 3 is 2.65 bits per heavy atom. The van der Waals surface area contributed by atoms with E-state index in [0.29, 0.717) is 29.2 Å². The molecular formula is C24H26ClN3O3. The van der Waals surface area contributed by atoms with Gasteiger partial charge in [-0.3, -0.25) is 14.9 Å². The third-order valence-electron chi connectivity index (χ3n) is 5.53. The van der Waals surface area contributed by atoms with E-state index in [1.165, 1.54) is 6.07 Å². The molecular weight excluding hydrogens is 414 g/mol. The first-order valence-electron chi connectivity index (χ1n) is 10.2. The molecule has 3 aromatic rings. The average Bonchev–Trinajstić information content (AvgIpc) is 3.17. The molecule has 0 bridgehead atoms. The second-order valence-corrected chi connectivity index (χ2v) is 8.14. The highest BCUT2D eigenvalue weighted by Crippen LogP contribution is 2.23. The van der Waals surface area contributed by atoms with Crippen molar-refractivity contribution < 1.29 is 9.72 Å². The summed E-state index contributed by atoms with van der Waals surface area (Å²) in [5.74, 6) is -0.215. The Labute approximate surface area is 187 Å². The third kappa shape index (κ3) is 5.33. The Bertz CT molecular complexity index is 1090. The molecule has 1 amide bonds. The number of nitro benzene ring substituents is 1. The van der Waals surface area contributed by atoms with Gasteiger partial charge in [-0.05, 0) is 56.2 Å². The van der Waals surface area contributed by atoms with Crippen molar-refractivity contribution in [2.24, 2.45) is 0 Å². The fourth-order valence-electron chi connectivity index (χ4n) is 3.51. The fourth-order valence-corrected chi connectivity index (χ4v) is 3.72. The lowest BCUT2D eigenvalue weighted by atomic mass is 10.1. The molecule has 7 heteroatoms. The summed E-state index contributed by atoms with van der Waals surface area (Å²) in [7, 11) is 0. The first-order valence-corrected chi connectivity index (χ1v) is 10.6. The molecule has 0 aliphatic heterocycles. The van der Waals surface area contributed by atoms with E-state index in [9.17, 15) is 14.9 Å². The summed E-state index contributed by atoms with van der Waals surface area (Å²) in [6.07, 6.45) is 2.75. The molecule has 0 N–H and O–H groups in total. The van der Waals surface area contributed by atoms with Crippen molar-refractivity contribution in [3.63, 3.8) is 0 Å². The van der Waals surface area contributed by atoms with Crippen molar-refractivity contribution in [1.82, 2.24) is 9.47 Å². The zero-order valence-electron chi connectivity index (χ0n) is 17.9. The molecule has 1 heterocycles. The minimum atomic E-state index is -0.449. The van der Waals surface area contributed by atoms with E-state index in [-0.39, 0.29) is 17.6 Å². The molecule has 0 spiro atoms. The first-order chi connectivity index (χ1) is 14.8. The fraction of sp³-hybridized carbons (Fsp3) is 0.292. The van der Waals surface area contributed by atoms with Crippen molar-refractivity contribution in [3.05, 3.63) is 98.3 Å². The van der Waals surface area contributed by atoms with Gasteiger partial charge in [-0.25, -0.2) is 0 Å². The van der Waals surface area contributed by atoms with Gasteiger partial charge in [-0.15, -0.1) is 0 Å². The summed E-state index contributed by atoms with van der Waals surface area (Å²) < 4.78 is 2.09. The van der Waals surface area contributed by atoms with Crippen LogP contribution in [0.3, 0.4) is 0 Å². The van der Waals surface area contributed by atoms with Crippen LogP contribution in [0.15, 0.2) is 60.8 Å². The lowest BCUT2D eigenvalue weighted by Gasteiger charge is -2.29. The molecule has 0 aliphatic carbocycles. The van der Waals surface area contributed by atoms with E-state index in [4.69, 9.17) is 11.6 Å². The number of hydrogen-bond acceptors (Lipinski definition) is 3. The molecule has 0 radical (unpaired) electrons. The minimum absolute atomic E-state index is 0.0256. The Balaban J connectivity index is 1.88. The van der Waals surface area contributed by atoms with Gasteiger partial charge < -0.3 is 9.47 Å². The molecule has 1 aromatic heterocycles. The van der Waals surface area contributed by atoms with E-state index in [0.717, 1.165) is 17.7 Å². The van der Waals surface area contributed by atoms with E-state index in [1.807, 2.05) is 56.4 Å². The van der Waals surface area contributed by atoms with E-state index >= 15 is 0 Å². The Kier molecular flexibility index (Phi) is 7.13.